The molecular formula is C25H28BrN5O3. The number of halogens is 1. The first-order chi connectivity index (χ1) is 16.4. The highest BCUT2D eigenvalue weighted by Gasteiger charge is 2.64. The molecule has 1 aromatic carbocycles. The highest BCUT2D eigenvalue weighted by molar-refractivity contribution is 9.10. The van der Waals surface area contributed by atoms with Crippen LogP contribution in [0.25, 0.3) is 11.0 Å². The van der Waals surface area contributed by atoms with E-state index in [-0.39, 0.29) is 28.5 Å². The van der Waals surface area contributed by atoms with Crippen molar-refractivity contribution in [3.63, 3.8) is 0 Å². The number of nitrogens with zero attached hydrogens (tertiary/aromatic N) is 3. The average molecular weight is 526 g/mol. The first-order valence-electron chi connectivity index (χ1n) is 11.9. The van der Waals surface area contributed by atoms with Crippen molar-refractivity contribution in [2.75, 3.05) is 31.9 Å². The Hall–Kier alpha value is -2.81. The standard InChI is InChI=1S/C25H28BrN5O3/c1-2-15-5-6-18-16(9-15)17(10-34-18)22(32)30-11-24-7-3-4-8-25(24,12-30)14-31(13-24)23(33)20-19(26)21(27)29-28-20/h5-6,9-10H,2-4,7-8,11-14H2,1H3,(H3,27,28,29). The number of aromatic nitrogens is 2. The number of rotatable bonds is 3. The Morgan fingerprint density at radius 1 is 1.12 bits per heavy atom. The predicted molar refractivity (Wildman–Crippen MR) is 131 cm³/mol. The fraction of sp³-hybridized carbons (Fsp3) is 0.480. The van der Waals surface area contributed by atoms with Crippen molar-refractivity contribution in [2.45, 2.75) is 39.0 Å². The van der Waals surface area contributed by atoms with Crippen molar-refractivity contribution in [3.8, 4) is 0 Å². The van der Waals surface area contributed by atoms with Gasteiger partial charge in [0.25, 0.3) is 11.8 Å². The fourth-order valence-corrected chi connectivity index (χ4v) is 7.03. The van der Waals surface area contributed by atoms with E-state index in [2.05, 4.69) is 39.1 Å². The summed E-state index contributed by atoms with van der Waals surface area (Å²) in [6, 6.07) is 6.07. The maximum Gasteiger partial charge on any atom is 0.273 e. The molecule has 0 radical (unpaired) electrons. The number of furan rings is 1. The van der Waals surface area contributed by atoms with Crippen LogP contribution in [0.15, 0.2) is 33.4 Å². The molecule has 3 N–H and O–H groups in total. The number of aromatic amines is 1. The van der Waals surface area contributed by atoms with Crippen molar-refractivity contribution >= 4 is 44.5 Å². The average Bonchev–Trinajstić information content (AvgIpc) is 3.57. The van der Waals surface area contributed by atoms with Gasteiger partial charge in [-0.1, -0.05) is 25.8 Å². The van der Waals surface area contributed by atoms with Crippen LogP contribution in [0.4, 0.5) is 5.82 Å². The summed E-state index contributed by atoms with van der Waals surface area (Å²) in [4.78, 5) is 31.0. The van der Waals surface area contributed by atoms with Gasteiger partial charge in [0, 0.05) is 42.4 Å². The van der Waals surface area contributed by atoms with E-state index >= 15 is 0 Å². The molecule has 2 aromatic heterocycles. The van der Waals surface area contributed by atoms with Crippen LogP contribution >= 0.6 is 15.9 Å². The topological polar surface area (TPSA) is 108 Å². The molecule has 4 heterocycles. The second-order valence-corrected chi connectivity index (χ2v) is 11.0. The number of nitrogen functional groups attached to an aromatic ring is 1. The van der Waals surface area contributed by atoms with E-state index in [9.17, 15) is 9.59 Å². The summed E-state index contributed by atoms with van der Waals surface area (Å²) >= 11 is 3.39. The molecule has 1 aliphatic carbocycles. The summed E-state index contributed by atoms with van der Waals surface area (Å²) in [6.07, 6.45) is 6.82. The number of benzene rings is 1. The van der Waals surface area contributed by atoms with Crippen LogP contribution in [0, 0.1) is 10.8 Å². The molecule has 0 spiro atoms. The summed E-state index contributed by atoms with van der Waals surface area (Å²) in [5.74, 6) is 0.229. The van der Waals surface area contributed by atoms with Gasteiger partial charge in [0.1, 0.15) is 17.5 Å². The zero-order valence-electron chi connectivity index (χ0n) is 19.2. The molecule has 9 heteroatoms. The summed E-state index contributed by atoms with van der Waals surface area (Å²) < 4.78 is 6.24. The Labute approximate surface area is 206 Å². The van der Waals surface area contributed by atoms with E-state index in [0.717, 1.165) is 43.1 Å². The molecule has 3 aromatic rings. The fourth-order valence-electron chi connectivity index (χ4n) is 6.68. The Morgan fingerprint density at radius 3 is 2.35 bits per heavy atom. The molecule has 6 rings (SSSR count). The van der Waals surface area contributed by atoms with Crippen LogP contribution in [0.5, 0.6) is 0 Å². The van der Waals surface area contributed by atoms with Gasteiger partial charge in [0.2, 0.25) is 0 Å². The number of hydrogen-bond acceptors (Lipinski definition) is 5. The molecule has 34 heavy (non-hydrogen) atoms. The van der Waals surface area contributed by atoms with Crippen LogP contribution in [0.1, 0.15) is 59.0 Å². The second kappa shape index (κ2) is 7.60. The number of aryl methyl sites for hydroxylation is 1. The minimum absolute atomic E-state index is 0.0315. The van der Waals surface area contributed by atoms with Crippen molar-refractivity contribution in [1.29, 1.82) is 0 Å². The molecular weight excluding hydrogens is 498 g/mol. The molecule has 2 saturated heterocycles. The highest BCUT2D eigenvalue weighted by Crippen LogP contribution is 2.60. The first-order valence-corrected chi connectivity index (χ1v) is 12.7. The number of anilines is 1. The van der Waals surface area contributed by atoms with E-state index in [1.54, 1.807) is 6.26 Å². The summed E-state index contributed by atoms with van der Waals surface area (Å²) in [7, 11) is 0. The Balaban J connectivity index is 1.29. The smallest absolute Gasteiger partial charge is 0.273 e. The summed E-state index contributed by atoms with van der Waals surface area (Å²) in [5.41, 5.74) is 8.63. The van der Waals surface area contributed by atoms with Gasteiger partial charge in [-0.15, -0.1) is 0 Å². The first kappa shape index (κ1) is 21.7. The van der Waals surface area contributed by atoms with E-state index < -0.39 is 0 Å². The van der Waals surface area contributed by atoms with E-state index in [1.165, 1.54) is 5.56 Å². The molecule has 178 valence electrons. The van der Waals surface area contributed by atoms with E-state index in [1.807, 2.05) is 21.9 Å². The number of amides is 2. The highest BCUT2D eigenvalue weighted by atomic mass is 79.9. The van der Waals surface area contributed by atoms with Crippen LogP contribution in [-0.4, -0.2) is 58.0 Å². The van der Waals surface area contributed by atoms with Gasteiger partial charge in [-0.25, -0.2) is 0 Å². The predicted octanol–water partition coefficient (Wildman–Crippen LogP) is 4.22. The Morgan fingerprint density at radius 2 is 1.76 bits per heavy atom. The van der Waals surface area contributed by atoms with Gasteiger partial charge in [-0.05, 0) is 52.9 Å². The maximum absolute atomic E-state index is 13.7. The van der Waals surface area contributed by atoms with Crippen LogP contribution in [0.3, 0.4) is 0 Å². The zero-order chi connectivity index (χ0) is 23.7. The van der Waals surface area contributed by atoms with Crippen LogP contribution in [-0.2, 0) is 6.42 Å². The van der Waals surface area contributed by atoms with Crippen LogP contribution < -0.4 is 5.73 Å². The Bertz CT molecular complexity index is 1290. The Kier molecular flexibility index (Phi) is 4.85. The number of fused-ring (bicyclic) bond motifs is 1. The van der Waals surface area contributed by atoms with Crippen molar-refractivity contribution in [1.82, 2.24) is 20.0 Å². The number of hydrogen-bond donors (Lipinski definition) is 2. The normalized spacial score (nSPS) is 26.2. The lowest BCUT2D eigenvalue weighted by molar-refractivity contribution is 0.0706. The van der Waals surface area contributed by atoms with E-state index in [4.69, 9.17) is 10.2 Å². The number of nitrogens with one attached hydrogen (secondary N) is 1. The quantitative estimate of drug-likeness (QED) is 0.532. The van der Waals surface area contributed by atoms with Gasteiger partial charge in [0.15, 0.2) is 5.82 Å². The zero-order valence-corrected chi connectivity index (χ0v) is 20.8. The molecule has 1 saturated carbocycles. The lowest BCUT2D eigenvalue weighted by Gasteiger charge is -2.41. The molecule has 3 fully saturated rings. The van der Waals surface area contributed by atoms with Crippen molar-refractivity contribution < 1.29 is 14.0 Å². The van der Waals surface area contributed by atoms with Gasteiger partial charge in [0.05, 0.1) is 10.0 Å². The third-order valence-electron chi connectivity index (χ3n) is 8.46. The van der Waals surface area contributed by atoms with Crippen LogP contribution in [0.2, 0.25) is 0 Å². The SMILES string of the molecule is CCc1ccc2occ(C(=O)N3CC45CCCCC4(CN(C(=O)c4[nH]nc(N)c4Br)C5)C3)c2c1. The summed E-state index contributed by atoms with van der Waals surface area (Å²) in [6.45, 7) is 4.74. The molecule has 3 aliphatic rings. The third kappa shape index (κ3) is 2.98. The monoisotopic (exact) mass is 525 g/mol. The molecule has 8 nitrogen and oxygen atoms in total. The summed E-state index contributed by atoms with van der Waals surface area (Å²) in [5, 5.41) is 7.63. The van der Waals surface area contributed by atoms with Crippen molar-refractivity contribution in [3.05, 3.63) is 45.8 Å². The number of likely N-dealkylation sites (tertiary alicyclic amines) is 2. The minimum atomic E-state index is -0.0862. The molecule has 0 bridgehead atoms. The minimum Gasteiger partial charge on any atom is -0.463 e. The van der Waals surface area contributed by atoms with Gasteiger partial charge >= 0.3 is 0 Å². The third-order valence-corrected chi connectivity index (χ3v) is 9.26. The lowest BCUT2D eigenvalue weighted by atomic mass is 9.60. The molecule has 2 aliphatic heterocycles. The lowest BCUT2D eigenvalue weighted by Crippen LogP contribution is -2.42. The number of nitrogens with two attached hydrogens (primary N) is 1. The number of carbonyl (C=O) groups excluding carboxylic acids is 2. The van der Waals surface area contributed by atoms with Crippen molar-refractivity contribution in [2.24, 2.45) is 10.8 Å². The largest absolute Gasteiger partial charge is 0.463 e. The maximum atomic E-state index is 13.7. The van der Waals surface area contributed by atoms with Gasteiger partial charge < -0.3 is 20.0 Å². The second-order valence-electron chi connectivity index (χ2n) is 10.2. The number of carbonyl (C=O) groups is 2. The van der Waals surface area contributed by atoms with Gasteiger partial charge in [-0.2, -0.15) is 5.10 Å². The molecule has 2 unspecified atom stereocenters. The molecule has 2 atom stereocenters. The van der Waals surface area contributed by atoms with E-state index in [0.29, 0.717) is 41.9 Å². The molecule has 2 amide bonds. The van der Waals surface area contributed by atoms with Gasteiger partial charge in [-0.3, -0.25) is 14.7 Å². The number of H-pyrrole nitrogens is 1.